The summed E-state index contributed by atoms with van der Waals surface area (Å²) < 4.78 is 5.66. The Balaban J connectivity index is 1.77. The molecule has 0 radical (unpaired) electrons. The standard InChI is InChI=1S/C16H24N2O2/c1-12-4-5-15(10-13(12)2)20-9-7-16(19)18(3)14-6-8-17-11-14/h4-5,10,14,17H,6-9,11H2,1-3H3. The van der Waals surface area contributed by atoms with Crippen molar-refractivity contribution in [2.45, 2.75) is 32.7 Å². The Morgan fingerprint density at radius 2 is 2.20 bits per heavy atom. The Bertz CT molecular complexity index is 468. The summed E-state index contributed by atoms with van der Waals surface area (Å²) in [5, 5.41) is 3.28. The lowest BCUT2D eigenvalue weighted by molar-refractivity contribution is -0.132. The van der Waals surface area contributed by atoms with Crippen LogP contribution < -0.4 is 10.1 Å². The second-order valence-corrected chi connectivity index (χ2v) is 5.50. The summed E-state index contributed by atoms with van der Waals surface area (Å²) in [4.78, 5) is 13.9. The fourth-order valence-corrected chi connectivity index (χ4v) is 2.41. The van der Waals surface area contributed by atoms with Gasteiger partial charge in [0.2, 0.25) is 5.91 Å². The van der Waals surface area contributed by atoms with E-state index in [1.807, 2.05) is 30.1 Å². The molecule has 4 heteroatoms. The number of nitrogens with zero attached hydrogens (tertiary/aromatic N) is 1. The van der Waals surface area contributed by atoms with Gasteiger partial charge in [0.15, 0.2) is 0 Å². The van der Waals surface area contributed by atoms with Gasteiger partial charge in [0.1, 0.15) is 5.75 Å². The summed E-state index contributed by atoms with van der Waals surface area (Å²) in [6.45, 7) is 6.48. The highest BCUT2D eigenvalue weighted by molar-refractivity contribution is 5.76. The Hall–Kier alpha value is -1.55. The van der Waals surface area contributed by atoms with Crippen LogP contribution in [-0.2, 0) is 4.79 Å². The van der Waals surface area contributed by atoms with Crippen LogP contribution in [0.15, 0.2) is 18.2 Å². The van der Waals surface area contributed by atoms with Gasteiger partial charge in [0.25, 0.3) is 0 Å². The normalized spacial score (nSPS) is 18.1. The number of hydrogen-bond acceptors (Lipinski definition) is 3. The molecule has 0 saturated carbocycles. The van der Waals surface area contributed by atoms with E-state index in [2.05, 4.69) is 19.2 Å². The van der Waals surface area contributed by atoms with Gasteiger partial charge in [-0.05, 0) is 50.1 Å². The molecular formula is C16H24N2O2. The molecule has 1 aromatic carbocycles. The minimum atomic E-state index is 0.155. The van der Waals surface area contributed by atoms with E-state index in [-0.39, 0.29) is 5.91 Å². The van der Waals surface area contributed by atoms with Crippen LogP contribution >= 0.6 is 0 Å². The number of likely N-dealkylation sites (N-methyl/N-ethyl adjacent to an activating group) is 1. The molecular weight excluding hydrogens is 252 g/mol. The molecule has 1 aliphatic rings. The third-order valence-electron chi connectivity index (χ3n) is 4.04. The first kappa shape index (κ1) is 14.9. The van der Waals surface area contributed by atoms with E-state index in [1.165, 1.54) is 11.1 Å². The van der Waals surface area contributed by atoms with Crippen LogP contribution in [0.2, 0.25) is 0 Å². The fraction of sp³-hybridized carbons (Fsp3) is 0.562. The van der Waals surface area contributed by atoms with Crippen molar-refractivity contribution in [2.75, 3.05) is 26.7 Å². The van der Waals surface area contributed by atoms with Gasteiger partial charge < -0.3 is 15.0 Å². The SMILES string of the molecule is Cc1ccc(OCCC(=O)N(C)C2CCNC2)cc1C. The van der Waals surface area contributed by atoms with E-state index in [9.17, 15) is 4.79 Å². The number of amides is 1. The van der Waals surface area contributed by atoms with E-state index < -0.39 is 0 Å². The lowest BCUT2D eigenvalue weighted by atomic mass is 10.1. The maximum absolute atomic E-state index is 12.1. The van der Waals surface area contributed by atoms with Crippen LogP contribution in [0.1, 0.15) is 24.0 Å². The highest BCUT2D eigenvalue weighted by atomic mass is 16.5. The summed E-state index contributed by atoms with van der Waals surface area (Å²) in [5.74, 6) is 0.994. The molecule has 0 aliphatic carbocycles. The molecule has 0 aromatic heterocycles. The molecule has 1 aliphatic heterocycles. The second-order valence-electron chi connectivity index (χ2n) is 5.50. The van der Waals surface area contributed by atoms with Crippen molar-refractivity contribution >= 4 is 5.91 Å². The number of benzene rings is 1. The van der Waals surface area contributed by atoms with Crippen molar-refractivity contribution < 1.29 is 9.53 Å². The quantitative estimate of drug-likeness (QED) is 0.893. The first-order valence-corrected chi connectivity index (χ1v) is 7.24. The van der Waals surface area contributed by atoms with Crippen molar-refractivity contribution in [3.05, 3.63) is 29.3 Å². The molecule has 2 rings (SSSR count). The van der Waals surface area contributed by atoms with Crippen LogP contribution in [0.4, 0.5) is 0 Å². The molecule has 4 nitrogen and oxygen atoms in total. The Kier molecular flexibility index (Phi) is 5.01. The van der Waals surface area contributed by atoms with Crippen LogP contribution in [0.5, 0.6) is 5.75 Å². The largest absolute Gasteiger partial charge is 0.493 e. The number of ether oxygens (including phenoxy) is 1. The molecule has 110 valence electrons. The van der Waals surface area contributed by atoms with Crippen molar-refractivity contribution in [2.24, 2.45) is 0 Å². The molecule has 1 unspecified atom stereocenters. The van der Waals surface area contributed by atoms with Crippen molar-refractivity contribution in [3.8, 4) is 5.75 Å². The summed E-state index contributed by atoms with van der Waals surface area (Å²) in [6.07, 6.45) is 1.47. The monoisotopic (exact) mass is 276 g/mol. The minimum Gasteiger partial charge on any atom is -0.493 e. The zero-order chi connectivity index (χ0) is 14.5. The third kappa shape index (κ3) is 3.73. The van der Waals surface area contributed by atoms with E-state index in [1.54, 1.807) is 0 Å². The van der Waals surface area contributed by atoms with Crippen LogP contribution in [0, 0.1) is 13.8 Å². The number of rotatable bonds is 5. The lowest BCUT2D eigenvalue weighted by Gasteiger charge is -2.23. The number of aryl methyl sites for hydroxylation is 2. The van der Waals surface area contributed by atoms with Crippen LogP contribution in [0.25, 0.3) is 0 Å². The van der Waals surface area contributed by atoms with Gasteiger partial charge in [0, 0.05) is 19.6 Å². The smallest absolute Gasteiger partial charge is 0.226 e. The van der Waals surface area contributed by atoms with E-state index in [0.29, 0.717) is 19.1 Å². The van der Waals surface area contributed by atoms with Crippen LogP contribution in [-0.4, -0.2) is 43.6 Å². The molecule has 0 spiro atoms. The number of carbonyl (C=O) groups excluding carboxylic acids is 1. The number of hydrogen-bond donors (Lipinski definition) is 1. The third-order valence-corrected chi connectivity index (χ3v) is 4.04. The zero-order valence-corrected chi connectivity index (χ0v) is 12.6. The molecule has 20 heavy (non-hydrogen) atoms. The van der Waals surface area contributed by atoms with Gasteiger partial charge in [-0.2, -0.15) is 0 Å². The van der Waals surface area contributed by atoms with Gasteiger partial charge in [-0.25, -0.2) is 0 Å². The molecule has 1 N–H and O–H groups in total. The summed E-state index contributed by atoms with van der Waals surface area (Å²) in [6, 6.07) is 6.36. The summed E-state index contributed by atoms with van der Waals surface area (Å²) >= 11 is 0. The highest BCUT2D eigenvalue weighted by Crippen LogP contribution is 2.16. The Labute approximate surface area is 121 Å². The average Bonchev–Trinajstić information content (AvgIpc) is 2.96. The topological polar surface area (TPSA) is 41.6 Å². The second kappa shape index (κ2) is 6.75. The van der Waals surface area contributed by atoms with Gasteiger partial charge in [-0.3, -0.25) is 4.79 Å². The zero-order valence-electron chi connectivity index (χ0n) is 12.6. The Morgan fingerprint density at radius 3 is 2.85 bits per heavy atom. The van der Waals surface area contributed by atoms with Crippen molar-refractivity contribution in [1.82, 2.24) is 10.2 Å². The molecule has 1 saturated heterocycles. The van der Waals surface area contributed by atoms with Crippen molar-refractivity contribution in [3.63, 3.8) is 0 Å². The summed E-state index contributed by atoms with van der Waals surface area (Å²) in [7, 11) is 1.88. The van der Waals surface area contributed by atoms with E-state index in [4.69, 9.17) is 4.74 Å². The molecule has 1 aromatic rings. The Morgan fingerprint density at radius 1 is 1.40 bits per heavy atom. The van der Waals surface area contributed by atoms with Crippen molar-refractivity contribution in [1.29, 1.82) is 0 Å². The van der Waals surface area contributed by atoms with Gasteiger partial charge in [-0.1, -0.05) is 6.07 Å². The number of nitrogens with one attached hydrogen (secondary N) is 1. The average molecular weight is 276 g/mol. The lowest BCUT2D eigenvalue weighted by Crippen LogP contribution is -2.38. The van der Waals surface area contributed by atoms with Gasteiger partial charge in [0.05, 0.1) is 13.0 Å². The molecule has 1 fully saturated rings. The maximum Gasteiger partial charge on any atom is 0.226 e. The van der Waals surface area contributed by atoms with E-state index >= 15 is 0 Å². The fourth-order valence-electron chi connectivity index (χ4n) is 2.41. The first-order valence-electron chi connectivity index (χ1n) is 7.24. The van der Waals surface area contributed by atoms with E-state index in [0.717, 1.165) is 25.3 Å². The van der Waals surface area contributed by atoms with Crippen LogP contribution in [0.3, 0.4) is 0 Å². The predicted octanol–water partition coefficient (Wildman–Crippen LogP) is 1.89. The molecule has 1 heterocycles. The van der Waals surface area contributed by atoms with Gasteiger partial charge >= 0.3 is 0 Å². The maximum atomic E-state index is 12.1. The molecule has 1 amide bonds. The summed E-state index contributed by atoms with van der Waals surface area (Å²) in [5.41, 5.74) is 2.46. The number of carbonyl (C=O) groups is 1. The highest BCUT2D eigenvalue weighted by Gasteiger charge is 2.22. The first-order chi connectivity index (χ1) is 9.58. The molecule has 0 bridgehead atoms. The minimum absolute atomic E-state index is 0.155. The molecule has 1 atom stereocenters. The van der Waals surface area contributed by atoms with Gasteiger partial charge in [-0.15, -0.1) is 0 Å². The predicted molar refractivity (Wildman–Crippen MR) is 80.1 cm³/mol.